The number of benzene rings is 1. The molecule has 0 aliphatic heterocycles. The van der Waals surface area contributed by atoms with Gasteiger partial charge < -0.3 is 4.74 Å². The van der Waals surface area contributed by atoms with E-state index in [0.29, 0.717) is 22.7 Å². The number of nitrogens with zero attached hydrogens (tertiary/aromatic N) is 3. The Bertz CT molecular complexity index is 700. The first-order valence-electron chi connectivity index (χ1n) is 6.14. The molecule has 0 N–H and O–H groups in total. The minimum Gasteiger partial charge on any atom is -0.481 e. The number of nitro benzene ring substituents is 1. The van der Waals surface area contributed by atoms with E-state index in [-0.39, 0.29) is 17.9 Å². The van der Waals surface area contributed by atoms with Crippen molar-refractivity contribution in [3.8, 4) is 5.88 Å². The summed E-state index contributed by atoms with van der Waals surface area (Å²) in [5.74, 6) is 0.210. The van der Waals surface area contributed by atoms with Gasteiger partial charge in [0.2, 0.25) is 5.88 Å². The van der Waals surface area contributed by atoms with E-state index in [1.165, 1.54) is 31.6 Å². The second-order valence-electron chi connectivity index (χ2n) is 4.41. The molecule has 0 atom stereocenters. The number of aromatic nitrogens is 2. The highest BCUT2D eigenvalue weighted by Gasteiger charge is 2.14. The zero-order chi connectivity index (χ0) is 15.4. The molecule has 0 bridgehead atoms. The van der Waals surface area contributed by atoms with Gasteiger partial charge in [-0.2, -0.15) is 0 Å². The first kappa shape index (κ1) is 14.6. The average Bonchev–Trinajstić information content (AvgIpc) is 2.46. The monoisotopic (exact) mass is 287 g/mol. The van der Waals surface area contributed by atoms with E-state index < -0.39 is 4.92 Å². The fraction of sp³-hybridized carbons (Fsp3) is 0.214. The summed E-state index contributed by atoms with van der Waals surface area (Å²) in [7, 11) is 1.48. The number of nitro groups is 1. The third kappa shape index (κ3) is 3.38. The molecule has 0 fully saturated rings. The van der Waals surface area contributed by atoms with Crippen LogP contribution in [-0.4, -0.2) is 27.8 Å². The number of aryl methyl sites for hydroxylation is 1. The molecule has 0 unspecified atom stereocenters. The lowest BCUT2D eigenvalue weighted by atomic mass is 10.0. The maximum atomic E-state index is 12.2. The smallest absolute Gasteiger partial charge is 0.272 e. The predicted octanol–water partition coefficient (Wildman–Crippen LogP) is 2.13. The molecule has 0 spiro atoms. The summed E-state index contributed by atoms with van der Waals surface area (Å²) in [5, 5.41) is 10.8. The summed E-state index contributed by atoms with van der Waals surface area (Å²) in [5.41, 5.74) is 1.39. The number of hydrogen-bond donors (Lipinski definition) is 0. The van der Waals surface area contributed by atoms with Crippen molar-refractivity contribution in [3.63, 3.8) is 0 Å². The third-order valence-corrected chi connectivity index (χ3v) is 2.96. The number of ketones is 1. The molecular weight excluding hydrogens is 274 g/mol. The van der Waals surface area contributed by atoms with Gasteiger partial charge in [-0.25, -0.2) is 9.97 Å². The van der Waals surface area contributed by atoms with Crippen molar-refractivity contribution in [1.29, 1.82) is 0 Å². The van der Waals surface area contributed by atoms with Crippen LogP contribution in [0.3, 0.4) is 0 Å². The first-order valence-corrected chi connectivity index (χ1v) is 6.14. The van der Waals surface area contributed by atoms with E-state index in [1.54, 1.807) is 13.0 Å². The van der Waals surface area contributed by atoms with Crippen LogP contribution in [0.1, 0.15) is 21.6 Å². The standard InChI is InChI=1S/C14H13N3O4/c1-9-5-10(3-4-12(9)17(19)20)13(18)6-11-7-14(21-2)16-8-15-11/h3-5,7-8H,6H2,1-2H3. The number of hydrogen-bond acceptors (Lipinski definition) is 6. The molecule has 2 aromatic rings. The molecule has 0 aliphatic rings. The lowest BCUT2D eigenvalue weighted by Gasteiger charge is -2.04. The summed E-state index contributed by atoms with van der Waals surface area (Å²) < 4.78 is 4.97. The van der Waals surface area contributed by atoms with Gasteiger partial charge in [0, 0.05) is 23.3 Å². The maximum Gasteiger partial charge on any atom is 0.272 e. The van der Waals surface area contributed by atoms with Crippen molar-refractivity contribution in [3.05, 3.63) is 57.5 Å². The maximum absolute atomic E-state index is 12.2. The van der Waals surface area contributed by atoms with Gasteiger partial charge in [0.05, 0.1) is 24.1 Å². The number of methoxy groups -OCH3 is 1. The number of Topliss-reactive ketones (excluding diaryl/α,β-unsaturated/α-hetero) is 1. The van der Waals surface area contributed by atoms with E-state index in [0.717, 1.165) is 0 Å². The Morgan fingerprint density at radius 3 is 2.71 bits per heavy atom. The van der Waals surface area contributed by atoms with Gasteiger partial charge in [0.1, 0.15) is 6.33 Å². The molecule has 0 aliphatic carbocycles. The van der Waals surface area contributed by atoms with Crippen molar-refractivity contribution in [2.24, 2.45) is 0 Å². The van der Waals surface area contributed by atoms with Crippen LogP contribution in [0.2, 0.25) is 0 Å². The lowest BCUT2D eigenvalue weighted by Crippen LogP contribution is -2.06. The van der Waals surface area contributed by atoms with Gasteiger partial charge in [-0.15, -0.1) is 0 Å². The van der Waals surface area contributed by atoms with Crippen LogP contribution in [0, 0.1) is 17.0 Å². The molecule has 7 heteroatoms. The number of carbonyl (C=O) groups is 1. The molecule has 7 nitrogen and oxygen atoms in total. The van der Waals surface area contributed by atoms with Crippen molar-refractivity contribution in [2.45, 2.75) is 13.3 Å². The van der Waals surface area contributed by atoms with E-state index >= 15 is 0 Å². The summed E-state index contributed by atoms with van der Waals surface area (Å²) in [6.07, 6.45) is 1.40. The van der Waals surface area contributed by atoms with Crippen molar-refractivity contribution < 1.29 is 14.5 Å². The second-order valence-corrected chi connectivity index (χ2v) is 4.41. The van der Waals surface area contributed by atoms with Crippen LogP contribution >= 0.6 is 0 Å². The molecule has 1 aromatic heterocycles. The highest BCUT2D eigenvalue weighted by atomic mass is 16.6. The van der Waals surface area contributed by atoms with Gasteiger partial charge in [-0.3, -0.25) is 14.9 Å². The molecule has 1 aromatic carbocycles. The molecule has 1 heterocycles. The lowest BCUT2D eigenvalue weighted by molar-refractivity contribution is -0.385. The first-order chi connectivity index (χ1) is 10.0. The van der Waals surface area contributed by atoms with Crippen LogP contribution in [0.5, 0.6) is 5.88 Å². The SMILES string of the molecule is COc1cc(CC(=O)c2ccc([N+](=O)[O-])c(C)c2)ncn1. The number of carbonyl (C=O) groups excluding carboxylic acids is 1. The largest absolute Gasteiger partial charge is 0.481 e. The molecule has 0 amide bonds. The fourth-order valence-electron chi connectivity index (χ4n) is 1.89. The van der Waals surface area contributed by atoms with Crippen LogP contribution in [0.25, 0.3) is 0 Å². The van der Waals surface area contributed by atoms with Gasteiger partial charge in [-0.1, -0.05) is 0 Å². The van der Waals surface area contributed by atoms with Crippen LogP contribution in [0.15, 0.2) is 30.6 Å². The Morgan fingerprint density at radius 1 is 1.33 bits per heavy atom. The normalized spacial score (nSPS) is 10.2. The Labute approximate surface area is 120 Å². The molecule has 108 valence electrons. The quantitative estimate of drug-likeness (QED) is 0.475. The topological polar surface area (TPSA) is 95.2 Å². The van der Waals surface area contributed by atoms with Gasteiger partial charge in [0.15, 0.2) is 5.78 Å². The molecule has 0 saturated heterocycles. The highest BCUT2D eigenvalue weighted by molar-refractivity contribution is 5.97. The van der Waals surface area contributed by atoms with E-state index in [4.69, 9.17) is 4.74 Å². The van der Waals surface area contributed by atoms with Gasteiger partial charge in [0.25, 0.3) is 5.69 Å². The number of ether oxygens (including phenoxy) is 1. The van der Waals surface area contributed by atoms with Gasteiger partial charge in [-0.05, 0) is 19.1 Å². The second kappa shape index (κ2) is 6.08. The summed E-state index contributed by atoms with van der Waals surface area (Å²) in [6, 6.07) is 5.88. The molecular formula is C14H13N3O4. The molecule has 0 saturated carbocycles. The van der Waals surface area contributed by atoms with E-state index in [9.17, 15) is 14.9 Å². The Hall–Kier alpha value is -2.83. The van der Waals surface area contributed by atoms with Crippen LogP contribution < -0.4 is 4.74 Å². The number of rotatable bonds is 5. The minimum absolute atomic E-state index is 0.00439. The minimum atomic E-state index is -0.473. The summed E-state index contributed by atoms with van der Waals surface area (Å²) in [6.45, 7) is 1.60. The summed E-state index contributed by atoms with van der Waals surface area (Å²) in [4.78, 5) is 30.3. The van der Waals surface area contributed by atoms with Crippen molar-refractivity contribution >= 4 is 11.5 Å². The van der Waals surface area contributed by atoms with E-state index in [2.05, 4.69) is 9.97 Å². The van der Waals surface area contributed by atoms with Crippen molar-refractivity contribution in [2.75, 3.05) is 7.11 Å². The predicted molar refractivity (Wildman–Crippen MR) is 74.5 cm³/mol. The van der Waals surface area contributed by atoms with E-state index in [1.807, 2.05) is 0 Å². The zero-order valence-corrected chi connectivity index (χ0v) is 11.6. The Balaban J connectivity index is 2.20. The van der Waals surface area contributed by atoms with Crippen molar-refractivity contribution in [1.82, 2.24) is 9.97 Å². The molecule has 21 heavy (non-hydrogen) atoms. The third-order valence-electron chi connectivity index (χ3n) is 2.96. The zero-order valence-electron chi connectivity index (χ0n) is 11.6. The highest BCUT2D eigenvalue weighted by Crippen LogP contribution is 2.20. The van der Waals surface area contributed by atoms with Crippen LogP contribution in [0.4, 0.5) is 5.69 Å². The molecule has 2 rings (SSSR count). The van der Waals surface area contributed by atoms with Gasteiger partial charge >= 0.3 is 0 Å². The average molecular weight is 287 g/mol. The Kier molecular flexibility index (Phi) is 4.22. The Morgan fingerprint density at radius 2 is 2.10 bits per heavy atom. The molecule has 0 radical (unpaired) electrons. The fourth-order valence-corrected chi connectivity index (χ4v) is 1.89. The van der Waals surface area contributed by atoms with Crippen LogP contribution in [-0.2, 0) is 6.42 Å². The summed E-state index contributed by atoms with van der Waals surface area (Å²) >= 11 is 0.